The Labute approximate surface area is 207 Å². The Hall–Kier alpha value is -2.66. The largest absolute Gasteiger partial charge is 0.491 e. The minimum Gasteiger partial charge on any atom is -0.491 e. The second-order valence-electron chi connectivity index (χ2n) is 9.28. The van der Waals surface area contributed by atoms with Crippen molar-refractivity contribution in [2.75, 3.05) is 51.8 Å². The number of hydrogen-bond donors (Lipinski definition) is 2. The summed E-state index contributed by atoms with van der Waals surface area (Å²) in [7, 11) is -0.493. The molecule has 10 heteroatoms. The maximum absolute atomic E-state index is 13.0. The number of aliphatic hydroxyl groups is 1. The molecule has 0 spiro atoms. The van der Waals surface area contributed by atoms with Crippen LogP contribution in [0.15, 0.2) is 53.4 Å². The molecule has 0 bridgehead atoms. The van der Waals surface area contributed by atoms with Crippen molar-refractivity contribution in [3.8, 4) is 5.75 Å². The molecule has 1 atom stereocenters. The van der Waals surface area contributed by atoms with Gasteiger partial charge in [0.25, 0.3) is 0 Å². The molecular formula is C25H34N4O5S. The second-order valence-corrected chi connectivity index (χ2v) is 11.4. The van der Waals surface area contributed by atoms with E-state index in [1.54, 1.807) is 23.1 Å². The van der Waals surface area contributed by atoms with Crippen LogP contribution in [0.2, 0.25) is 0 Å². The van der Waals surface area contributed by atoms with Crippen LogP contribution in [0.3, 0.4) is 0 Å². The van der Waals surface area contributed by atoms with Crippen LogP contribution in [0.5, 0.6) is 5.75 Å². The molecule has 0 aliphatic carbocycles. The third-order valence-corrected chi connectivity index (χ3v) is 8.35. The number of carbonyl (C=O) groups excluding carboxylic acids is 1. The summed E-state index contributed by atoms with van der Waals surface area (Å²) in [6.45, 7) is 2.88. The number of β-amino-alcohol motifs (C(OH)–C–C–N with tert-alkyl or cyclic N) is 1. The molecule has 35 heavy (non-hydrogen) atoms. The van der Waals surface area contributed by atoms with Crippen LogP contribution in [-0.4, -0.2) is 87.8 Å². The molecule has 2 aromatic carbocycles. The van der Waals surface area contributed by atoms with Crippen molar-refractivity contribution in [2.24, 2.45) is 0 Å². The molecule has 9 nitrogen and oxygen atoms in total. The number of benzene rings is 2. The Kier molecular flexibility index (Phi) is 7.95. The predicted octanol–water partition coefficient (Wildman–Crippen LogP) is 1.91. The number of fused-ring (bicyclic) bond motifs is 1. The number of nitrogens with zero attached hydrogens (tertiary/aromatic N) is 3. The Bertz CT molecular complexity index is 1120. The van der Waals surface area contributed by atoms with Gasteiger partial charge < -0.3 is 20.1 Å². The fourth-order valence-corrected chi connectivity index (χ4v) is 5.49. The topological polar surface area (TPSA) is 102 Å². The Balaban J connectivity index is 1.24. The minimum absolute atomic E-state index is 0.0638. The van der Waals surface area contributed by atoms with Gasteiger partial charge in [0.1, 0.15) is 18.5 Å². The second kappa shape index (κ2) is 10.9. The number of nitrogens with one attached hydrogen (secondary N) is 1. The molecule has 2 aromatic rings. The van der Waals surface area contributed by atoms with Gasteiger partial charge in [0.2, 0.25) is 10.0 Å². The number of amides is 2. The number of aliphatic hydroxyl groups excluding tert-OH is 1. The molecule has 190 valence electrons. The third-order valence-electron chi connectivity index (χ3n) is 6.54. The van der Waals surface area contributed by atoms with Crippen LogP contribution in [-0.2, 0) is 16.4 Å². The van der Waals surface area contributed by atoms with E-state index in [-0.39, 0.29) is 23.6 Å². The summed E-state index contributed by atoms with van der Waals surface area (Å²) in [5.74, 6) is 0.743. The van der Waals surface area contributed by atoms with Crippen molar-refractivity contribution in [2.45, 2.75) is 36.3 Å². The van der Waals surface area contributed by atoms with Crippen LogP contribution in [0.25, 0.3) is 0 Å². The molecule has 0 saturated carbocycles. The van der Waals surface area contributed by atoms with Crippen molar-refractivity contribution in [1.29, 1.82) is 0 Å². The van der Waals surface area contributed by atoms with Gasteiger partial charge in [0.05, 0.1) is 4.90 Å². The van der Waals surface area contributed by atoms with E-state index in [0.717, 1.165) is 42.9 Å². The van der Waals surface area contributed by atoms with E-state index in [2.05, 4.69) is 10.2 Å². The number of rotatable bonds is 8. The van der Waals surface area contributed by atoms with Crippen LogP contribution in [0, 0.1) is 0 Å². The molecule has 1 fully saturated rings. The van der Waals surface area contributed by atoms with E-state index in [0.29, 0.717) is 19.5 Å². The Morgan fingerprint density at radius 2 is 1.86 bits per heavy atom. The summed E-state index contributed by atoms with van der Waals surface area (Å²) in [6.07, 6.45) is 1.65. The standard InChI is InChI=1S/C25H34N4O5S/c1-27(2)35(32,33)23-8-9-24-19(16-23)10-15-29(24)25(31)26-20-11-13-28(14-12-20)17-21(30)18-34-22-6-4-3-5-7-22/h3-9,16,20-21,30H,10-15,17-18H2,1-2H3,(H,26,31). The van der Waals surface area contributed by atoms with Gasteiger partial charge >= 0.3 is 6.03 Å². The molecule has 0 aromatic heterocycles. The van der Waals surface area contributed by atoms with Gasteiger partial charge in [-0.05, 0) is 55.2 Å². The Morgan fingerprint density at radius 3 is 2.54 bits per heavy atom. The quantitative estimate of drug-likeness (QED) is 0.572. The number of urea groups is 1. The normalized spacial score (nSPS) is 17.9. The van der Waals surface area contributed by atoms with Gasteiger partial charge in [0.15, 0.2) is 0 Å². The fourth-order valence-electron chi connectivity index (χ4n) is 4.53. The lowest BCUT2D eigenvalue weighted by Gasteiger charge is -2.34. The van der Waals surface area contributed by atoms with Gasteiger partial charge in [-0.25, -0.2) is 17.5 Å². The summed E-state index contributed by atoms with van der Waals surface area (Å²) >= 11 is 0. The highest BCUT2D eigenvalue weighted by atomic mass is 32.2. The molecule has 1 unspecified atom stereocenters. The monoisotopic (exact) mass is 502 g/mol. The summed E-state index contributed by atoms with van der Waals surface area (Å²) in [6, 6.07) is 14.3. The molecule has 2 amide bonds. The number of piperidine rings is 1. The van der Waals surface area contributed by atoms with Crippen molar-refractivity contribution in [1.82, 2.24) is 14.5 Å². The number of anilines is 1. The highest BCUT2D eigenvalue weighted by Gasteiger charge is 2.29. The van der Waals surface area contributed by atoms with E-state index >= 15 is 0 Å². The van der Waals surface area contributed by atoms with Crippen LogP contribution >= 0.6 is 0 Å². The van der Waals surface area contributed by atoms with Gasteiger partial charge in [0, 0.05) is 52.0 Å². The zero-order valence-electron chi connectivity index (χ0n) is 20.3. The molecule has 2 heterocycles. The number of hydrogen-bond acceptors (Lipinski definition) is 6. The van der Waals surface area contributed by atoms with E-state index in [1.807, 2.05) is 30.3 Å². The molecule has 2 N–H and O–H groups in total. The number of carbonyl (C=O) groups is 1. The highest BCUT2D eigenvalue weighted by Crippen LogP contribution is 2.31. The average Bonchev–Trinajstić information content (AvgIpc) is 3.28. The van der Waals surface area contributed by atoms with Gasteiger partial charge in [-0.2, -0.15) is 0 Å². The lowest BCUT2D eigenvalue weighted by Crippen LogP contribution is -2.50. The first-order valence-electron chi connectivity index (χ1n) is 12.0. The SMILES string of the molecule is CN(C)S(=O)(=O)c1ccc2c(c1)CCN2C(=O)NC1CCN(CC(O)COc2ccccc2)CC1. The van der Waals surface area contributed by atoms with Gasteiger partial charge in [-0.3, -0.25) is 4.90 Å². The van der Waals surface area contributed by atoms with Crippen LogP contribution in [0.4, 0.5) is 10.5 Å². The minimum atomic E-state index is -3.51. The molecule has 2 aliphatic heterocycles. The first-order valence-corrected chi connectivity index (χ1v) is 13.4. The number of sulfonamides is 1. The third kappa shape index (κ3) is 6.13. The first kappa shape index (κ1) is 25.4. The Morgan fingerprint density at radius 1 is 1.14 bits per heavy atom. The highest BCUT2D eigenvalue weighted by molar-refractivity contribution is 7.89. The lowest BCUT2D eigenvalue weighted by molar-refractivity contribution is 0.0584. The summed E-state index contributed by atoms with van der Waals surface area (Å²) in [4.78, 5) is 17.1. The number of likely N-dealkylation sites (tertiary alicyclic amines) is 1. The van der Waals surface area contributed by atoms with Crippen LogP contribution < -0.4 is 15.0 Å². The van der Waals surface area contributed by atoms with Gasteiger partial charge in [-0.15, -0.1) is 0 Å². The zero-order chi connectivity index (χ0) is 25.0. The molecule has 1 saturated heterocycles. The average molecular weight is 503 g/mol. The maximum atomic E-state index is 13.0. The van der Waals surface area contributed by atoms with Crippen molar-refractivity contribution < 1.29 is 23.1 Å². The zero-order valence-corrected chi connectivity index (χ0v) is 21.1. The molecule has 0 radical (unpaired) electrons. The van der Waals surface area contributed by atoms with Gasteiger partial charge in [-0.1, -0.05) is 18.2 Å². The van der Waals surface area contributed by atoms with Crippen molar-refractivity contribution >= 4 is 21.7 Å². The van der Waals surface area contributed by atoms with E-state index in [4.69, 9.17) is 4.74 Å². The molecule has 4 rings (SSSR count). The van der Waals surface area contributed by atoms with Crippen molar-refractivity contribution in [3.63, 3.8) is 0 Å². The predicted molar refractivity (Wildman–Crippen MR) is 134 cm³/mol. The maximum Gasteiger partial charge on any atom is 0.322 e. The smallest absolute Gasteiger partial charge is 0.322 e. The molecule has 2 aliphatic rings. The van der Waals surface area contributed by atoms with E-state index in [1.165, 1.54) is 18.4 Å². The number of ether oxygens (including phenoxy) is 1. The number of para-hydroxylation sites is 1. The molecular weight excluding hydrogens is 468 g/mol. The van der Waals surface area contributed by atoms with E-state index in [9.17, 15) is 18.3 Å². The fraction of sp³-hybridized carbons (Fsp3) is 0.480. The summed E-state index contributed by atoms with van der Waals surface area (Å²) in [5.41, 5.74) is 1.63. The van der Waals surface area contributed by atoms with Crippen molar-refractivity contribution in [3.05, 3.63) is 54.1 Å². The van der Waals surface area contributed by atoms with Crippen LogP contribution in [0.1, 0.15) is 18.4 Å². The summed E-state index contributed by atoms with van der Waals surface area (Å²) in [5, 5.41) is 13.5. The lowest BCUT2D eigenvalue weighted by atomic mass is 10.0. The summed E-state index contributed by atoms with van der Waals surface area (Å²) < 4.78 is 31.6. The first-order chi connectivity index (χ1) is 16.7. The van der Waals surface area contributed by atoms with E-state index < -0.39 is 16.1 Å².